The van der Waals surface area contributed by atoms with Crippen molar-refractivity contribution in [3.05, 3.63) is 71.3 Å². The number of methoxy groups -OCH3 is 1. The summed E-state index contributed by atoms with van der Waals surface area (Å²) in [4.78, 5) is 18.1. The lowest BCUT2D eigenvalue weighted by molar-refractivity contribution is 0.102. The van der Waals surface area contributed by atoms with Gasteiger partial charge in [0.15, 0.2) is 0 Å². The molecule has 1 aliphatic heterocycles. The standard InChI is InChI=1S/C28H31N5O2/c1-18-6-5-7-19(2)26(18)29-28(34)23-16-22-24(17-25(23)35-4)30-31-27(22)20-8-10-21(11-9-20)33-14-12-32(3)13-15-33/h5-11,16-17H,12-15H2,1-4H3,(H,29,34)(H,30,31). The summed E-state index contributed by atoms with van der Waals surface area (Å²) in [7, 11) is 3.74. The monoisotopic (exact) mass is 469 g/mol. The quantitative estimate of drug-likeness (QED) is 0.437. The van der Waals surface area contributed by atoms with Gasteiger partial charge < -0.3 is 19.9 Å². The van der Waals surface area contributed by atoms with Gasteiger partial charge in [0, 0.05) is 54.6 Å². The topological polar surface area (TPSA) is 73.5 Å². The van der Waals surface area contributed by atoms with Gasteiger partial charge in [-0.2, -0.15) is 5.10 Å². The van der Waals surface area contributed by atoms with Gasteiger partial charge in [0.25, 0.3) is 5.91 Å². The number of anilines is 2. The van der Waals surface area contributed by atoms with Gasteiger partial charge in [-0.15, -0.1) is 0 Å². The Labute approximate surface area is 205 Å². The van der Waals surface area contributed by atoms with E-state index in [9.17, 15) is 4.79 Å². The molecule has 180 valence electrons. The number of hydrogen-bond acceptors (Lipinski definition) is 5. The minimum atomic E-state index is -0.210. The van der Waals surface area contributed by atoms with E-state index in [0.717, 1.165) is 65.2 Å². The average Bonchev–Trinajstić information content (AvgIpc) is 3.29. The first-order valence-electron chi connectivity index (χ1n) is 11.9. The summed E-state index contributed by atoms with van der Waals surface area (Å²) >= 11 is 0. The molecule has 1 saturated heterocycles. The number of aromatic nitrogens is 2. The molecule has 0 bridgehead atoms. The van der Waals surface area contributed by atoms with Crippen LogP contribution in [0.3, 0.4) is 0 Å². The van der Waals surface area contributed by atoms with Gasteiger partial charge in [-0.05, 0) is 50.2 Å². The summed E-state index contributed by atoms with van der Waals surface area (Å²) in [5.74, 6) is 0.292. The van der Waals surface area contributed by atoms with Crippen LogP contribution in [0.5, 0.6) is 5.75 Å². The van der Waals surface area contributed by atoms with E-state index in [1.807, 2.05) is 44.2 Å². The van der Waals surface area contributed by atoms with Crippen LogP contribution in [0.15, 0.2) is 54.6 Å². The van der Waals surface area contributed by atoms with Crippen LogP contribution in [0, 0.1) is 13.8 Å². The Morgan fingerprint density at radius 2 is 1.69 bits per heavy atom. The van der Waals surface area contributed by atoms with E-state index in [4.69, 9.17) is 4.74 Å². The van der Waals surface area contributed by atoms with Crippen LogP contribution in [0.25, 0.3) is 22.2 Å². The number of fused-ring (bicyclic) bond motifs is 1. The molecule has 7 nitrogen and oxygen atoms in total. The molecule has 2 heterocycles. The molecule has 0 atom stereocenters. The highest BCUT2D eigenvalue weighted by atomic mass is 16.5. The molecule has 7 heteroatoms. The lowest BCUT2D eigenvalue weighted by atomic mass is 10.0. The second-order valence-electron chi connectivity index (χ2n) is 9.23. The maximum absolute atomic E-state index is 13.3. The fourth-order valence-electron chi connectivity index (χ4n) is 4.70. The van der Waals surface area contributed by atoms with Gasteiger partial charge in [-0.1, -0.05) is 30.3 Å². The van der Waals surface area contributed by atoms with Gasteiger partial charge in [0.1, 0.15) is 5.75 Å². The first-order chi connectivity index (χ1) is 16.9. The Balaban J connectivity index is 1.47. The molecule has 4 aromatic rings. The number of nitrogens with zero attached hydrogens (tertiary/aromatic N) is 3. The molecule has 0 spiro atoms. The van der Waals surface area contributed by atoms with Crippen molar-refractivity contribution >= 4 is 28.2 Å². The summed E-state index contributed by atoms with van der Waals surface area (Å²) in [6.07, 6.45) is 0. The zero-order valence-corrected chi connectivity index (χ0v) is 20.7. The average molecular weight is 470 g/mol. The molecule has 35 heavy (non-hydrogen) atoms. The van der Waals surface area contributed by atoms with Gasteiger partial charge in [0.05, 0.1) is 23.9 Å². The zero-order valence-electron chi connectivity index (χ0n) is 20.7. The number of amides is 1. The number of hydrogen-bond donors (Lipinski definition) is 2. The molecule has 1 fully saturated rings. The molecule has 2 N–H and O–H groups in total. The zero-order chi connectivity index (χ0) is 24.5. The van der Waals surface area contributed by atoms with Gasteiger partial charge in [0.2, 0.25) is 0 Å². The lowest BCUT2D eigenvalue weighted by Gasteiger charge is -2.34. The minimum Gasteiger partial charge on any atom is -0.496 e. The number of ether oxygens (including phenoxy) is 1. The number of H-pyrrole nitrogens is 1. The van der Waals surface area contributed by atoms with E-state index in [2.05, 4.69) is 56.6 Å². The number of likely N-dealkylation sites (N-methyl/N-ethyl adjacent to an activating group) is 1. The maximum atomic E-state index is 13.3. The number of nitrogens with one attached hydrogen (secondary N) is 2. The summed E-state index contributed by atoms with van der Waals surface area (Å²) in [5, 5.41) is 11.6. The van der Waals surface area contributed by atoms with Gasteiger partial charge in [-0.25, -0.2) is 0 Å². The second kappa shape index (κ2) is 9.43. The smallest absolute Gasteiger partial charge is 0.259 e. The minimum absolute atomic E-state index is 0.210. The predicted molar refractivity (Wildman–Crippen MR) is 142 cm³/mol. The van der Waals surface area contributed by atoms with Crippen LogP contribution in [0.2, 0.25) is 0 Å². The molecular weight excluding hydrogens is 438 g/mol. The van der Waals surface area contributed by atoms with Crippen molar-refractivity contribution in [3.8, 4) is 17.0 Å². The summed E-state index contributed by atoms with van der Waals surface area (Å²) in [6.45, 7) is 8.17. The Kier molecular flexibility index (Phi) is 6.17. The molecule has 3 aromatic carbocycles. The lowest BCUT2D eigenvalue weighted by Crippen LogP contribution is -2.44. The van der Waals surface area contributed by atoms with E-state index >= 15 is 0 Å². The molecule has 1 aliphatic rings. The van der Waals surface area contributed by atoms with E-state index in [1.54, 1.807) is 7.11 Å². The normalized spacial score (nSPS) is 14.3. The number of para-hydroxylation sites is 1. The molecule has 5 rings (SSSR count). The Morgan fingerprint density at radius 3 is 2.34 bits per heavy atom. The summed E-state index contributed by atoms with van der Waals surface area (Å²) < 4.78 is 5.56. The third-order valence-corrected chi connectivity index (χ3v) is 6.86. The summed E-state index contributed by atoms with van der Waals surface area (Å²) in [5.41, 5.74) is 7.19. The highest BCUT2D eigenvalue weighted by molar-refractivity contribution is 6.10. The van der Waals surface area contributed by atoms with Gasteiger partial charge >= 0.3 is 0 Å². The molecule has 0 unspecified atom stereocenters. The van der Waals surface area contributed by atoms with Crippen LogP contribution in [0.4, 0.5) is 11.4 Å². The van der Waals surface area contributed by atoms with Crippen molar-refractivity contribution in [1.29, 1.82) is 0 Å². The van der Waals surface area contributed by atoms with Crippen molar-refractivity contribution in [2.75, 3.05) is 50.6 Å². The van der Waals surface area contributed by atoms with Crippen LogP contribution in [0.1, 0.15) is 21.5 Å². The van der Waals surface area contributed by atoms with Gasteiger partial charge in [-0.3, -0.25) is 9.89 Å². The number of aromatic amines is 1. The first kappa shape index (κ1) is 22.9. The molecular formula is C28H31N5O2. The van der Waals surface area contributed by atoms with Crippen molar-refractivity contribution in [2.24, 2.45) is 0 Å². The van der Waals surface area contributed by atoms with Crippen LogP contribution in [-0.4, -0.2) is 61.3 Å². The molecule has 1 aromatic heterocycles. The largest absolute Gasteiger partial charge is 0.496 e. The predicted octanol–water partition coefficient (Wildman–Crippen LogP) is 4.86. The third kappa shape index (κ3) is 4.47. The highest BCUT2D eigenvalue weighted by Crippen LogP contribution is 2.33. The Morgan fingerprint density at radius 1 is 1.00 bits per heavy atom. The van der Waals surface area contributed by atoms with Crippen LogP contribution < -0.4 is 15.0 Å². The molecule has 0 aliphatic carbocycles. The molecule has 0 saturated carbocycles. The van der Waals surface area contributed by atoms with E-state index in [0.29, 0.717) is 11.3 Å². The number of aryl methyl sites for hydroxylation is 2. The number of benzene rings is 3. The highest BCUT2D eigenvalue weighted by Gasteiger charge is 2.20. The van der Waals surface area contributed by atoms with Crippen molar-refractivity contribution < 1.29 is 9.53 Å². The molecule has 1 amide bonds. The Hall–Kier alpha value is -3.84. The maximum Gasteiger partial charge on any atom is 0.259 e. The second-order valence-corrected chi connectivity index (χ2v) is 9.23. The Bertz CT molecular complexity index is 1350. The van der Waals surface area contributed by atoms with Crippen molar-refractivity contribution in [3.63, 3.8) is 0 Å². The SMILES string of the molecule is COc1cc2[nH]nc(-c3ccc(N4CCN(C)CC4)cc3)c2cc1C(=O)Nc1c(C)cccc1C. The van der Waals surface area contributed by atoms with E-state index in [-0.39, 0.29) is 5.91 Å². The summed E-state index contributed by atoms with van der Waals surface area (Å²) in [6, 6.07) is 18.2. The van der Waals surface area contributed by atoms with Crippen molar-refractivity contribution in [2.45, 2.75) is 13.8 Å². The number of carbonyl (C=O) groups excluding carboxylic acids is 1. The third-order valence-electron chi connectivity index (χ3n) is 6.86. The van der Waals surface area contributed by atoms with E-state index in [1.165, 1.54) is 5.69 Å². The number of rotatable bonds is 5. The fourth-order valence-corrected chi connectivity index (χ4v) is 4.70. The fraction of sp³-hybridized carbons (Fsp3) is 0.286. The van der Waals surface area contributed by atoms with Crippen LogP contribution >= 0.6 is 0 Å². The number of carbonyl (C=O) groups is 1. The number of piperazine rings is 1. The first-order valence-corrected chi connectivity index (χ1v) is 11.9. The van der Waals surface area contributed by atoms with E-state index < -0.39 is 0 Å². The molecule has 0 radical (unpaired) electrons. The van der Waals surface area contributed by atoms with Crippen molar-refractivity contribution in [1.82, 2.24) is 15.1 Å². The van der Waals surface area contributed by atoms with Crippen LogP contribution in [-0.2, 0) is 0 Å².